The third-order valence-electron chi connectivity index (χ3n) is 0.209. The average molecular weight is 160 g/mol. The molecule has 0 fully saturated rings. The molecule has 0 unspecified atom stereocenters. The second kappa shape index (κ2) is 2.19. The highest BCUT2D eigenvalue weighted by Crippen LogP contribution is 1.86. The zero-order valence-corrected chi connectivity index (χ0v) is 5.03. The lowest BCUT2D eigenvalue weighted by Gasteiger charge is -1.88. The van der Waals surface area contributed by atoms with Crippen molar-refractivity contribution in [2.45, 2.75) is 0 Å². The summed E-state index contributed by atoms with van der Waals surface area (Å²) in [6.07, 6.45) is -1.69. The summed E-state index contributed by atoms with van der Waals surface area (Å²) in [6, 6.07) is 0. The minimum Gasteiger partial charge on any atom is -0.464 e. The summed E-state index contributed by atoms with van der Waals surface area (Å²) < 4.78 is 20.5. The van der Waals surface area contributed by atoms with Gasteiger partial charge in [0.05, 0.1) is 0 Å². The van der Waals surface area contributed by atoms with E-state index >= 15 is 0 Å². The molecule has 0 aromatic carbocycles. The maximum atomic E-state index is 9.72. The molecule has 0 bridgehead atoms. The van der Waals surface area contributed by atoms with Crippen LogP contribution in [0.3, 0.4) is 0 Å². The molecule has 0 aliphatic rings. The van der Waals surface area contributed by atoms with Crippen molar-refractivity contribution in [3.63, 3.8) is 0 Å². The first-order valence-corrected chi connectivity index (χ1v) is 3.68. The first-order chi connectivity index (χ1) is 3.42. The number of nitrogens with one attached hydrogen (secondary N) is 1. The molecule has 0 aromatic rings. The van der Waals surface area contributed by atoms with Gasteiger partial charge in [0.15, 0.2) is 0 Å². The smallest absolute Gasteiger partial charge is 0.419 e. The Morgan fingerprint density at radius 2 is 2.00 bits per heavy atom. The van der Waals surface area contributed by atoms with E-state index in [9.17, 15) is 13.2 Å². The first-order valence-electron chi connectivity index (χ1n) is 1.37. The van der Waals surface area contributed by atoms with E-state index in [1.807, 2.05) is 0 Å². The number of amides is 1. The van der Waals surface area contributed by atoms with Crippen LogP contribution in [0.4, 0.5) is 4.79 Å². The van der Waals surface area contributed by atoms with E-state index in [2.05, 4.69) is 10.7 Å². The zero-order valence-electron chi connectivity index (χ0n) is 3.46. The van der Waals surface area contributed by atoms with E-state index in [0.717, 1.165) is 4.72 Å². The van der Waals surface area contributed by atoms with Gasteiger partial charge >= 0.3 is 15.3 Å². The Kier molecular flexibility index (Phi) is 2.05. The minimum absolute atomic E-state index is 1.04. The molecular weight excluding hydrogens is 158 g/mol. The van der Waals surface area contributed by atoms with Crippen molar-refractivity contribution in [2.75, 3.05) is 0 Å². The van der Waals surface area contributed by atoms with E-state index < -0.39 is 15.3 Å². The second-order valence-electron chi connectivity index (χ2n) is 0.845. The Morgan fingerprint density at radius 1 is 1.62 bits per heavy atom. The molecule has 0 radical (unpaired) electrons. The summed E-state index contributed by atoms with van der Waals surface area (Å²) >= 11 is 0. The van der Waals surface area contributed by atoms with Gasteiger partial charge in [-0.15, -0.1) is 0 Å². The summed E-state index contributed by atoms with van der Waals surface area (Å²) in [7, 11) is 0.308. The van der Waals surface area contributed by atoms with Crippen molar-refractivity contribution in [1.82, 2.24) is 4.72 Å². The van der Waals surface area contributed by atoms with Gasteiger partial charge in [0.1, 0.15) is 0 Å². The number of carbonyl (C=O) groups is 1. The van der Waals surface area contributed by atoms with Crippen LogP contribution in [0.15, 0.2) is 0 Å². The quantitative estimate of drug-likeness (QED) is 0.517. The van der Waals surface area contributed by atoms with E-state index in [0.29, 0.717) is 0 Å². The van der Waals surface area contributed by atoms with Gasteiger partial charge in [0.25, 0.3) is 0 Å². The largest absolute Gasteiger partial charge is 0.464 e. The molecule has 0 heterocycles. The SMILES string of the molecule is O=C(O)NS(=O)(=O)Cl. The summed E-state index contributed by atoms with van der Waals surface area (Å²) in [5.74, 6) is 0. The molecule has 8 heavy (non-hydrogen) atoms. The van der Waals surface area contributed by atoms with Gasteiger partial charge in [0.2, 0.25) is 0 Å². The molecule has 2 N–H and O–H groups in total. The molecule has 0 spiro atoms. The van der Waals surface area contributed by atoms with Gasteiger partial charge in [-0.3, -0.25) is 0 Å². The number of hydrogen-bond acceptors (Lipinski definition) is 3. The van der Waals surface area contributed by atoms with Gasteiger partial charge in [-0.1, -0.05) is 0 Å². The fourth-order valence-corrected chi connectivity index (χ4v) is 0.511. The summed E-state index contributed by atoms with van der Waals surface area (Å²) in [4.78, 5) is 9.44. The highest BCUT2D eigenvalue weighted by atomic mass is 35.7. The minimum atomic E-state index is -4.10. The topological polar surface area (TPSA) is 83.5 Å². The van der Waals surface area contributed by atoms with Crippen LogP contribution in [0, 0.1) is 0 Å². The Morgan fingerprint density at radius 3 is 2.00 bits per heavy atom. The van der Waals surface area contributed by atoms with Gasteiger partial charge in [-0.05, 0) is 0 Å². The van der Waals surface area contributed by atoms with Crippen LogP contribution in [0.1, 0.15) is 0 Å². The Labute approximate surface area is 49.8 Å². The Hall–Kier alpha value is -0.490. The molecule has 0 saturated heterocycles. The monoisotopic (exact) mass is 159 g/mol. The van der Waals surface area contributed by atoms with Crippen LogP contribution in [0.5, 0.6) is 0 Å². The standard InChI is InChI=1S/CH2ClNO4S/c2-8(6,7)3-1(4)5/h3H,(H,4,5). The van der Waals surface area contributed by atoms with Crippen molar-refractivity contribution < 1.29 is 18.3 Å². The lowest BCUT2D eigenvalue weighted by molar-refractivity contribution is 0.201. The van der Waals surface area contributed by atoms with Crippen molar-refractivity contribution in [3.05, 3.63) is 0 Å². The summed E-state index contributed by atoms with van der Waals surface area (Å²) in [5.41, 5.74) is 0. The lowest BCUT2D eigenvalue weighted by atomic mass is 11.3. The van der Waals surface area contributed by atoms with E-state index in [4.69, 9.17) is 5.11 Å². The maximum absolute atomic E-state index is 9.72. The maximum Gasteiger partial charge on any atom is 0.419 e. The third-order valence-corrected chi connectivity index (χ3v) is 0.859. The summed E-state index contributed by atoms with van der Waals surface area (Å²) in [5, 5.41) is 7.67. The molecule has 0 saturated carbocycles. The fourth-order valence-electron chi connectivity index (χ4n) is 0.104. The highest BCUT2D eigenvalue weighted by Gasteiger charge is 2.06. The molecule has 1 amide bonds. The first kappa shape index (κ1) is 7.51. The normalized spacial score (nSPS) is 10.6. The predicted molar refractivity (Wildman–Crippen MR) is 25.9 cm³/mol. The molecular formula is CH2ClNO4S. The van der Waals surface area contributed by atoms with E-state index in [-0.39, 0.29) is 0 Å². The number of halogens is 1. The number of carboxylic acid groups (broad SMARTS) is 1. The molecule has 48 valence electrons. The summed E-state index contributed by atoms with van der Waals surface area (Å²) in [6.45, 7) is 0. The molecule has 7 heteroatoms. The van der Waals surface area contributed by atoms with Gasteiger partial charge in [-0.25, -0.2) is 9.52 Å². The highest BCUT2D eigenvalue weighted by molar-refractivity contribution is 8.12. The molecule has 0 rings (SSSR count). The van der Waals surface area contributed by atoms with Gasteiger partial charge < -0.3 is 5.11 Å². The fraction of sp³-hybridized carbons (Fsp3) is 0. The molecule has 5 nitrogen and oxygen atoms in total. The molecule has 0 aliphatic carbocycles. The van der Waals surface area contributed by atoms with Crippen LogP contribution in [-0.2, 0) is 9.24 Å². The average Bonchev–Trinajstić information content (AvgIpc) is 1.21. The molecule has 0 aromatic heterocycles. The van der Waals surface area contributed by atoms with Crippen LogP contribution < -0.4 is 4.72 Å². The van der Waals surface area contributed by atoms with Gasteiger partial charge in [-0.2, -0.15) is 8.42 Å². The second-order valence-corrected chi connectivity index (χ2v) is 3.14. The lowest BCUT2D eigenvalue weighted by Crippen LogP contribution is -2.23. The Balaban J connectivity index is 3.95. The predicted octanol–water partition coefficient (Wildman–Crippen LogP) is -0.262. The van der Waals surface area contributed by atoms with Crippen molar-refractivity contribution in [2.24, 2.45) is 0 Å². The van der Waals surface area contributed by atoms with E-state index in [1.54, 1.807) is 0 Å². The molecule has 0 atom stereocenters. The number of hydrogen-bond donors (Lipinski definition) is 2. The zero-order chi connectivity index (χ0) is 6.78. The van der Waals surface area contributed by atoms with Crippen LogP contribution in [0.25, 0.3) is 0 Å². The van der Waals surface area contributed by atoms with Crippen LogP contribution in [-0.4, -0.2) is 19.6 Å². The van der Waals surface area contributed by atoms with E-state index in [1.165, 1.54) is 0 Å². The van der Waals surface area contributed by atoms with Crippen LogP contribution in [0.2, 0.25) is 0 Å². The molecule has 0 aliphatic heterocycles. The third kappa shape index (κ3) is 5.51. The van der Waals surface area contributed by atoms with Gasteiger partial charge in [0, 0.05) is 10.7 Å². The van der Waals surface area contributed by atoms with Crippen molar-refractivity contribution >= 4 is 26.0 Å². The van der Waals surface area contributed by atoms with Crippen molar-refractivity contribution in [3.8, 4) is 0 Å². The Bertz CT molecular complexity index is 182. The van der Waals surface area contributed by atoms with Crippen molar-refractivity contribution in [1.29, 1.82) is 0 Å². The number of rotatable bonds is 1. The van der Waals surface area contributed by atoms with Crippen LogP contribution >= 0.6 is 10.7 Å².